The van der Waals surface area contributed by atoms with Crippen LogP contribution in [-0.2, 0) is 0 Å². The average Bonchev–Trinajstić information content (AvgIpc) is 3.14. The smallest absolute Gasteiger partial charge is 0.181 e. The summed E-state index contributed by atoms with van der Waals surface area (Å²) in [5.41, 5.74) is 9.34. The summed E-state index contributed by atoms with van der Waals surface area (Å²) < 4.78 is 11.3. The van der Waals surface area contributed by atoms with E-state index in [9.17, 15) is 0 Å². The van der Waals surface area contributed by atoms with Crippen molar-refractivity contribution in [3.63, 3.8) is 0 Å². The normalized spacial score (nSPS) is 12.0. The number of nitrogens with two attached hydrogens (primary N) is 1. The number of hydrogen-bond donors (Lipinski definition) is 2. The topological polar surface area (TPSA) is 86.0 Å². The summed E-state index contributed by atoms with van der Waals surface area (Å²) in [6.45, 7) is 7.06. The molecular formula is C20H24N4O2. The van der Waals surface area contributed by atoms with Gasteiger partial charge in [0.1, 0.15) is 5.82 Å². The Morgan fingerprint density at radius 2 is 1.69 bits per heavy atom. The number of nitrogens with one attached hydrogen (secondary N) is 1. The Morgan fingerprint density at radius 1 is 1.00 bits per heavy atom. The minimum atomic E-state index is -0.356. The van der Waals surface area contributed by atoms with Gasteiger partial charge in [-0.25, -0.2) is 4.98 Å². The molecule has 136 valence electrons. The lowest BCUT2D eigenvalue weighted by molar-refractivity contribution is 0.288. The van der Waals surface area contributed by atoms with Crippen molar-refractivity contribution in [2.24, 2.45) is 5.73 Å². The van der Waals surface area contributed by atoms with Crippen molar-refractivity contribution in [3.8, 4) is 22.9 Å². The molecule has 26 heavy (non-hydrogen) atoms. The lowest BCUT2D eigenvalue weighted by Gasteiger charge is -2.11. The first-order valence-corrected chi connectivity index (χ1v) is 8.76. The number of aromatic nitrogens is 3. The van der Waals surface area contributed by atoms with Crippen LogP contribution in [0.2, 0.25) is 0 Å². The molecule has 1 heterocycles. The van der Waals surface area contributed by atoms with Crippen molar-refractivity contribution >= 4 is 0 Å². The minimum absolute atomic E-state index is 0.356. The van der Waals surface area contributed by atoms with Crippen LogP contribution in [0.1, 0.15) is 36.8 Å². The molecule has 0 spiro atoms. The maximum absolute atomic E-state index is 6.32. The van der Waals surface area contributed by atoms with E-state index in [1.165, 1.54) is 5.56 Å². The van der Waals surface area contributed by atoms with Gasteiger partial charge in [-0.15, -0.1) is 0 Å². The van der Waals surface area contributed by atoms with Crippen molar-refractivity contribution < 1.29 is 9.47 Å². The first kappa shape index (κ1) is 17.9. The first-order chi connectivity index (χ1) is 12.6. The van der Waals surface area contributed by atoms with Gasteiger partial charge in [0.15, 0.2) is 17.3 Å². The molecule has 6 nitrogen and oxygen atoms in total. The number of nitrogens with zero attached hydrogens (tertiary/aromatic N) is 2. The second-order valence-electron chi connectivity index (χ2n) is 5.96. The van der Waals surface area contributed by atoms with Gasteiger partial charge in [-0.2, -0.15) is 5.10 Å². The van der Waals surface area contributed by atoms with Crippen molar-refractivity contribution in [3.05, 3.63) is 59.4 Å². The highest BCUT2D eigenvalue weighted by Gasteiger charge is 2.16. The zero-order chi connectivity index (χ0) is 18.5. The van der Waals surface area contributed by atoms with Gasteiger partial charge in [-0.1, -0.05) is 29.8 Å². The van der Waals surface area contributed by atoms with Gasteiger partial charge >= 0.3 is 0 Å². The maximum Gasteiger partial charge on any atom is 0.181 e. The number of benzene rings is 2. The maximum atomic E-state index is 6.32. The van der Waals surface area contributed by atoms with Crippen LogP contribution in [-0.4, -0.2) is 28.4 Å². The zero-order valence-electron chi connectivity index (χ0n) is 15.3. The van der Waals surface area contributed by atoms with Crippen LogP contribution < -0.4 is 15.2 Å². The third-order valence-electron chi connectivity index (χ3n) is 4.04. The Hall–Kier alpha value is -2.86. The molecule has 0 radical (unpaired) electrons. The molecule has 0 aliphatic heterocycles. The summed E-state index contributed by atoms with van der Waals surface area (Å²) in [6.07, 6.45) is 0. The van der Waals surface area contributed by atoms with E-state index in [1.54, 1.807) is 0 Å². The van der Waals surface area contributed by atoms with Crippen LogP contribution in [0, 0.1) is 6.92 Å². The zero-order valence-corrected chi connectivity index (χ0v) is 15.3. The fraction of sp³-hybridized carbons (Fsp3) is 0.300. The first-order valence-electron chi connectivity index (χ1n) is 8.76. The van der Waals surface area contributed by atoms with Crippen molar-refractivity contribution in [1.82, 2.24) is 15.2 Å². The Balaban J connectivity index is 1.87. The minimum Gasteiger partial charge on any atom is -0.490 e. The summed E-state index contributed by atoms with van der Waals surface area (Å²) in [5, 5.41) is 7.27. The molecule has 0 aliphatic rings. The van der Waals surface area contributed by atoms with Gasteiger partial charge in [-0.3, -0.25) is 5.10 Å². The third kappa shape index (κ3) is 3.86. The molecule has 0 amide bonds. The summed E-state index contributed by atoms with van der Waals surface area (Å²) in [4.78, 5) is 4.57. The summed E-state index contributed by atoms with van der Waals surface area (Å²) >= 11 is 0. The molecule has 1 aromatic heterocycles. The molecule has 0 saturated carbocycles. The molecule has 3 aromatic rings. The fourth-order valence-corrected chi connectivity index (χ4v) is 2.66. The lowest BCUT2D eigenvalue weighted by atomic mass is 10.1. The molecule has 0 unspecified atom stereocenters. The second-order valence-corrected chi connectivity index (χ2v) is 5.96. The lowest BCUT2D eigenvalue weighted by Crippen LogP contribution is -2.13. The quantitative estimate of drug-likeness (QED) is 0.678. The largest absolute Gasteiger partial charge is 0.490 e. The average molecular weight is 352 g/mol. The van der Waals surface area contributed by atoms with Gasteiger partial charge in [0, 0.05) is 5.56 Å². The SMILES string of the molecule is CCOc1ccc(-c2n[nH]c([C@@H](N)c3ccc(C)cc3)n2)cc1OCC. The molecule has 0 bridgehead atoms. The van der Waals surface area contributed by atoms with Crippen LogP contribution in [0.5, 0.6) is 11.5 Å². The van der Waals surface area contributed by atoms with E-state index in [1.807, 2.05) is 63.2 Å². The molecular weight excluding hydrogens is 328 g/mol. The molecule has 0 aliphatic carbocycles. The summed E-state index contributed by atoms with van der Waals surface area (Å²) in [5.74, 6) is 2.59. The predicted molar refractivity (Wildman–Crippen MR) is 101 cm³/mol. The van der Waals surface area contributed by atoms with E-state index >= 15 is 0 Å². The number of aryl methyl sites for hydroxylation is 1. The molecule has 3 rings (SSSR count). The molecule has 1 atom stereocenters. The van der Waals surface area contributed by atoms with Gasteiger partial charge in [0.25, 0.3) is 0 Å². The second kappa shape index (κ2) is 8.01. The van der Waals surface area contributed by atoms with Gasteiger partial charge in [0.2, 0.25) is 0 Å². The Bertz CT molecular complexity index is 859. The highest BCUT2D eigenvalue weighted by molar-refractivity contribution is 5.61. The van der Waals surface area contributed by atoms with Gasteiger partial charge in [0.05, 0.1) is 19.3 Å². The highest BCUT2D eigenvalue weighted by atomic mass is 16.5. The van der Waals surface area contributed by atoms with E-state index in [4.69, 9.17) is 15.2 Å². The van der Waals surface area contributed by atoms with Crippen LogP contribution in [0.4, 0.5) is 0 Å². The Labute approximate surface area is 153 Å². The van der Waals surface area contributed by atoms with E-state index in [0.29, 0.717) is 36.4 Å². The number of H-pyrrole nitrogens is 1. The molecule has 3 N–H and O–H groups in total. The Morgan fingerprint density at radius 3 is 2.38 bits per heavy atom. The molecule has 6 heteroatoms. The van der Waals surface area contributed by atoms with Crippen molar-refractivity contribution in [2.45, 2.75) is 26.8 Å². The number of rotatable bonds is 7. The monoisotopic (exact) mass is 352 g/mol. The fourth-order valence-electron chi connectivity index (χ4n) is 2.66. The highest BCUT2D eigenvalue weighted by Crippen LogP contribution is 2.32. The van der Waals surface area contributed by atoms with Crippen LogP contribution in [0.15, 0.2) is 42.5 Å². The molecule has 2 aromatic carbocycles. The van der Waals surface area contributed by atoms with Crippen LogP contribution in [0.3, 0.4) is 0 Å². The number of ether oxygens (including phenoxy) is 2. The summed E-state index contributed by atoms with van der Waals surface area (Å²) in [6, 6.07) is 13.4. The number of hydrogen-bond acceptors (Lipinski definition) is 5. The van der Waals surface area contributed by atoms with Crippen LogP contribution >= 0.6 is 0 Å². The van der Waals surface area contributed by atoms with Crippen molar-refractivity contribution in [2.75, 3.05) is 13.2 Å². The standard InChI is InChI=1S/C20H24N4O2/c1-4-25-16-11-10-15(12-17(16)26-5-2)19-22-20(24-23-19)18(21)14-8-6-13(3)7-9-14/h6-12,18H,4-5,21H2,1-3H3,(H,22,23,24)/t18-/m0/s1. The molecule has 0 saturated heterocycles. The van der Waals surface area contributed by atoms with Gasteiger partial charge in [-0.05, 0) is 44.5 Å². The Kier molecular flexibility index (Phi) is 5.53. The van der Waals surface area contributed by atoms with Crippen LogP contribution in [0.25, 0.3) is 11.4 Å². The van der Waals surface area contributed by atoms with E-state index < -0.39 is 0 Å². The predicted octanol–water partition coefficient (Wildman–Crippen LogP) is 3.63. The van der Waals surface area contributed by atoms with Gasteiger partial charge < -0.3 is 15.2 Å². The van der Waals surface area contributed by atoms with E-state index in [2.05, 4.69) is 15.2 Å². The third-order valence-corrected chi connectivity index (χ3v) is 4.04. The van der Waals surface area contributed by atoms with E-state index in [-0.39, 0.29) is 6.04 Å². The van der Waals surface area contributed by atoms with E-state index in [0.717, 1.165) is 11.1 Å². The summed E-state index contributed by atoms with van der Waals surface area (Å²) in [7, 11) is 0. The number of aromatic amines is 1. The van der Waals surface area contributed by atoms with Crippen molar-refractivity contribution in [1.29, 1.82) is 0 Å². The molecule has 0 fully saturated rings.